The van der Waals surface area contributed by atoms with Crippen molar-refractivity contribution in [1.29, 1.82) is 0 Å². The lowest BCUT2D eigenvalue weighted by molar-refractivity contribution is 0.0686. The molecule has 6 heteroatoms. The summed E-state index contributed by atoms with van der Waals surface area (Å²) in [6.07, 6.45) is 6.88. The first-order chi connectivity index (χ1) is 13.1. The number of carbonyl (C=O) groups excluding carboxylic acids is 1. The lowest BCUT2D eigenvalue weighted by Gasteiger charge is -2.32. The number of piperidine rings is 1. The van der Waals surface area contributed by atoms with Gasteiger partial charge in [0, 0.05) is 49.2 Å². The maximum Gasteiger partial charge on any atom is 0.254 e. The number of aryl methyl sites for hydroxylation is 2. The molecule has 3 aromatic rings. The molecule has 1 aromatic carbocycles. The fourth-order valence-electron chi connectivity index (χ4n) is 3.85. The lowest BCUT2D eigenvalue weighted by atomic mass is 9.93. The number of amides is 1. The summed E-state index contributed by atoms with van der Waals surface area (Å²) in [5.74, 6) is 0.294. The highest BCUT2D eigenvalue weighted by Crippen LogP contribution is 2.25. The molecule has 1 saturated heterocycles. The van der Waals surface area contributed by atoms with Crippen molar-refractivity contribution in [3.05, 3.63) is 59.8 Å². The van der Waals surface area contributed by atoms with Crippen LogP contribution in [-0.2, 0) is 6.54 Å². The number of likely N-dealkylation sites (tertiary alicyclic amines) is 1. The minimum atomic E-state index is -0.336. The molecule has 1 aliphatic heterocycles. The topological polar surface area (TPSA) is 51.0 Å². The predicted octanol–water partition coefficient (Wildman–Crippen LogP) is 3.82. The van der Waals surface area contributed by atoms with Crippen molar-refractivity contribution in [2.24, 2.45) is 5.92 Å². The van der Waals surface area contributed by atoms with Gasteiger partial charge in [-0.2, -0.15) is 5.10 Å². The second-order valence-corrected chi connectivity index (χ2v) is 7.27. The molecule has 0 saturated carbocycles. The number of hydrogen-bond acceptors (Lipinski definition) is 3. The van der Waals surface area contributed by atoms with Gasteiger partial charge in [-0.05, 0) is 56.4 Å². The van der Waals surface area contributed by atoms with Crippen LogP contribution in [0.3, 0.4) is 0 Å². The van der Waals surface area contributed by atoms with E-state index in [0.29, 0.717) is 22.4 Å². The van der Waals surface area contributed by atoms with Gasteiger partial charge in [0.1, 0.15) is 5.82 Å². The molecule has 0 aliphatic carbocycles. The zero-order valence-corrected chi connectivity index (χ0v) is 15.4. The van der Waals surface area contributed by atoms with Gasteiger partial charge in [-0.15, -0.1) is 0 Å². The Morgan fingerprint density at radius 1 is 1.26 bits per heavy atom. The monoisotopic (exact) mass is 366 g/mol. The van der Waals surface area contributed by atoms with Gasteiger partial charge < -0.3 is 4.90 Å². The number of nitrogens with zero attached hydrogens (tertiary/aromatic N) is 4. The minimum absolute atomic E-state index is 0.0163. The van der Waals surface area contributed by atoms with Gasteiger partial charge in [0.25, 0.3) is 5.91 Å². The maximum absolute atomic E-state index is 13.5. The maximum atomic E-state index is 13.5. The molecule has 1 fully saturated rings. The molecule has 0 unspecified atom stereocenters. The summed E-state index contributed by atoms with van der Waals surface area (Å²) >= 11 is 0. The van der Waals surface area contributed by atoms with Crippen molar-refractivity contribution in [3.8, 4) is 0 Å². The third-order valence-corrected chi connectivity index (χ3v) is 5.36. The van der Waals surface area contributed by atoms with Crippen LogP contribution in [0, 0.1) is 18.7 Å². The Labute approximate surface area is 157 Å². The molecule has 27 heavy (non-hydrogen) atoms. The van der Waals surface area contributed by atoms with Gasteiger partial charge >= 0.3 is 0 Å². The summed E-state index contributed by atoms with van der Waals surface area (Å²) in [4.78, 5) is 19.4. The Kier molecular flexibility index (Phi) is 4.88. The molecule has 0 radical (unpaired) electrons. The molecule has 3 heterocycles. The number of carbonyl (C=O) groups is 1. The molecule has 0 spiro atoms. The predicted molar refractivity (Wildman–Crippen MR) is 102 cm³/mol. The van der Waals surface area contributed by atoms with Crippen LogP contribution in [0.2, 0.25) is 0 Å². The largest absolute Gasteiger partial charge is 0.339 e. The quantitative estimate of drug-likeness (QED) is 0.705. The summed E-state index contributed by atoms with van der Waals surface area (Å²) in [6.45, 7) is 4.27. The average Bonchev–Trinajstić information content (AvgIpc) is 3.19. The second kappa shape index (κ2) is 7.47. The van der Waals surface area contributed by atoms with Crippen molar-refractivity contribution < 1.29 is 9.18 Å². The third-order valence-electron chi connectivity index (χ3n) is 5.36. The Bertz CT molecular complexity index is 941. The van der Waals surface area contributed by atoms with Crippen LogP contribution in [0.1, 0.15) is 35.3 Å². The fourth-order valence-corrected chi connectivity index (χ4v) is 3.85. The van der Waals surface area contributed by atoms with E-state index in [4.69, 9.17) is 0 Å². The van der Waals surface area contributed by atoms with E-state index >= 15 is 0 Å². The smallest absolute Gasteiger partial charge is 0.254 e. The first-order valence-electron chi connectivity index (χ1n) is 9.44. The van der Waals surface area contributed by atoms with Gasteiger partial charge in [-0.25, -0.2) is 4.39 Å². The van der Waals surface area contributed by atoms with Crippen LogP contribution in [0.15, 0.2) is 42.7 Å². The van der Waals surface area contributed by atoms with Crippen LogP contribution < -0.4 is 0 Å². The van der Waals surface area contributed by atoms with Gasteiger partial charge in [0.05, 0.1) is 11.1 Å². The van der Waals surface area contributed by atoms with Crippen molar-refractivity contribution in [2.75, 3.05) is 13.1 Å². The van der Waals surface area contributed by atoms with Gasteiger partial charge in [0.2, 0.25) is 0 Å². The molecule has 4 rings (SSSR count). The van der Waals surface area contributed by atoms with Crippen molar-refractivity contribution in [1.82, 2.24) is 19.7 Å². The molecule has 1 aliphatic rings. The van der Waals surface area contributed by atoms with E-state index in [1.165, 1.54) is 12.1 Å². The fraction of sp³-hybridized carbons (Fsp3) is 0.381. The summed E-state index contributed by atoms with van der Waals surface area (Å²) in [6, 6.07) is 8.18. The van der Waals surface area contributed by atoms with Crippen LogP contribution >= 0.6 is 0 Å². The number of hydrogen-bond donors (Lipinski definition) is 0. The minimum Gasteiger partial charge on any atom is -0.339 e. The van der Waals surface area contributed by atoms with E-state index in [1.54, 1.807) is 12.3 Å². The van der Waals surface area contributed by atoms with E-state index in [9.17, 15) is 9.18 Å². The second-order valence-electron chi connectivity index (χ2n) is 7.27. The van der Waals surface area contributed by atoms with E-state index in [-0.39, 0.29) is 11.7 Å². The molecular formula is C21H23FN4O. The summed E-state index contributed by atoms with van der Waals surface area (Å²) in [5.41, 5.74) is 1.88. The van der Waals surface area contributed by atoms with Gasteiger partial charge in [-0.1, -0.05) is 0 Å². The summed E-state index contributed by atoms with van der Waals surface area (Å²) in [7, 11) is 0. The molecule has 0 atom stereocenters. The van der Waals surface area contributed by atoms with E-state index in [1.807, 2.05) is 34.8 Å². The summed E-state index contributed by atoms with van der Waals surface area (Å²) in [5, 5.41) is 4.96. The average molecular weight is 366 g/mol. The van der Waals surface area contributed by atoms with Crippen LogP contribution in [0.4, 0.5) is 4.39 Å². The number of fused-ring (bicyclic) bond motifs is 1. The number of pyridine rings is 1. The highest BCUT2D eigenvalue weighted by atomic mass is 19.1. The number of rotatable bonds is 4. The molecule has 140 valence electrons. The third kappa shape index (κ3) is 3.84. The molecule has 0 bridgehead atoms. The zero-order valence-electron chi connectivity index (χ0n) is 15.4. The van der Waals surface area contributed by atoms with Crippen molar-refractivity contribution >= 4 is 16.8 Å². The van der Waals surface area contributed by atoms with Gasteiger partial charge in [-0.3, -0.25) is 14.5 Å². The van der Waals surface area contributed by atoms with Crippen LogP contribution in [-0.4, -0.2) is 38.7 Å². The number of aromatic nitrogens is 3. The number of halogens is 1. The van der Waals surface area contributed by atoms with E-state index in [0.717, 1.165) is 44.6 Å². The molecule has 2 aromatic heterocycles. The van der Waals surface area contributed by atoms with E-state index < -0.39 is 0 Å². The molecular weight excluding hydrogens is 343 g/mol. The lowest BCUT2D eigenvalue weighted by Crippen LogP contribution is -2.38. The Hall–Kier alpha value is -2.76. The standard InChI is InChI=1S/C21H23FN4O/c1-15-13-19(18-4-3-17(22)14-20(18)24-15)21(27)25-10-5-16(6-11-25)7-12-26-9-2-8-23-26/h2-4,8-9,13-14,16H,5-7,10-12H2,1H3. The van der Waals surface area contributed by atoms with Crippen molar-refractivity contribution in [2.45, 2.75) is 32.7 Å². The van der Waals surface area contributed by atoms with Crippen LogP contribution in [0.25, 0.3) is 10.9 Å². The summed E-state index contributed by atoms with van der Waals surface area (Å²) < 4.78 is 15.5. The zero-order chi connectivity index (χ0) is 18.8. The molecule has 1 amide bonds. The Morgan fingerprint density at radius 3 is 2.81 bits per heavy atom. The molecule has 0 N–H and O–H groups in total. The Morgan fingerprint density at radius 2 is 2.07 bits per heavy atom. The van der Waals surface area contributed by atoms with Crippen LogP contribution in [0.5, 0.6) is 0 Å². The first-order valence-corrected chi connectivity index (χ1v) is 9.44. The number of benzene rings is 1. The highest BCUT2D eigenvalue weighted by molar-refractivity contribution is 6.06. The van der Waals surface area contributed by atoms with E-state index in [2.05, 4.69) is 10.1 Å². The van der Waals surface area contributed by atoms with Crippen molar-refractivity contribution in [3.63, 3.8) is 0 Å². The SMILES string of the molecule is Cc1cc(C(=O)N2CCC(CCn3cccn3)CC2)c2ccc(F)cc2n1. The first kappa shape index (κ1) is 17.6. The molecule has 5 nitrogen and oxygen atoms in total. The highest BCUT2D eigenvalue weighted by Gasteiger charge is 2.25. The van der Waals surface area contributed by atoms with Gasteiger partial charge in [0.15, 0.2) is 0 Å². The Balaban J connectivity index is 1.44. The normalized spacial score (nSPS) is 15.4.